The Kier molecular flexibility index (Phi) is 4.01. The molecule has 0 saturated heterocycles. The molecule has 0 amide bonds. The maximum absolute atomic E-state index is 11.8. The molecule has 2 heterocycles. The van der Waals surface area contributed by atoms with E-state index in [9.17, 15) is 8.42 Å². The minimum Gasteiger partial charge on any atom is -0.270 e. The van der Waals surface area contributed by atoms with Crippen molar-refractivity contribution in [3.8, 4) is 0 Å². The number of hydrogen-bond donors (Lipinski definition) is 2. The molecule has 0 unspecified atom stereocenters. The van der Waals surface area contributed by atoms with Gasteiger partial charge in [-0.1, -0.05) is 0 Å². The summed E-state index contributed by atoms with van der Waals surface area (Å²) in [4.78, 5) is 0. The van der Waals surface area contributed by atoms with Crippen LogP contribution in [0.5, 0.6) is 0 Å². The van der Waals surface area contributed by atoms with Crippen molar-refractivity contribution in [2.24, 2.45) is 0 Å². The molecule has 2 aromatic heterocycles. The fraction of sp³-hybridized carbons (Fsp3) is 0.455. The second kappa shape index (κ2) is 5.54. The molecule has 0 bridgehead atoms. The average molecular weight is 283 g/mol. The summed E-state index contributed by atoms with van der Waals surface area (Å²) in [5.74, 6) is 0. The maximum atomic E-state index is 11.8. The molecule has 0 radical (unpaired) electrons. The summed E-state index contributed by atoms with van der Waals surface area (Å²) >= 11 is 0. The van der Waals surface area contributed by atoms with Crippen molar-refractivity contribution in [3.05, 3.63) is 29.7 Å². The van der Waals surface area contributed by atoms with Gasteiger partial charge in [-0.3, -0.25) is 9.78 Å². The van der Waals surface area contributed by atoms with Crippen molar-refractivity contribution >= 4 is 10.0 Å². The second-order valence-corrected chi connectivity index (χ2v) is 6.06. The Balaban J connectivity index is 1.83. The highest BCUT2D eigenvalue weighted by atomic mass is 32.2. The molecule has 2 rings (SSSR count). The maximum Gasteiger partial charge on any atom is 0.257 e. The number of aryl methyl sites for hydroxylation is 3. The summed E-state index contributed by atoms with van der Waals surface area (Å²) < 4.78 is 27.9. The molecule has 8 heteroatoms. The van der Waals surface area contributed by atoms with Crippen molar-refractivity contribution in [1.82, 2.24) is 24.7 Å². The summed E-state index contributed by atoms with van der Waals surface area (Å²) in [6, 6.07) is 3.41. The van der Waals surface area contributed by atoms with Crippen molar-refractivity contribution in [3.63, 3.8) is 0 Å². The van der Waals surface area contributed by atoms with E-state index in [1.54, 1.807) is 0 Å². The zero-order valence-electron chi connectivity index (χ0n) is 10.9. The number of H-pyrrole nitrogens is 1. The molecule has 7 nitrogen and oxygen atoms in total. The monoisotopic (exact) mass is 283 g/mol. The van der Waals surface area contributed by atoms with Gasteiger partial charge in [0.2, 0.25) is 0 Å². The van der Waals surface area contributed by atoms with E-state index in [1.807, 2.05) is 24.6 Å². The molecule has 2 aromatic rings. The highest BCUT2D eigenvalue weighted by Crippen LogP contribution is 2.04. The first-order chi connectivity index (χ1) is 8.99. The first kappa shape index (κ1) is 13.8. The lowest BCUT2D eigenvalue weighted by molar-refractivity contribution is 0.542. The van der Waals surface area contributed by atoms with Crippen LogP contribution in [0.25, 0.3) is 0 Å². The molecule has 0 spiro atoms. The predicted octanol–water partition coefficient (Wildman–Crippen LogP) is 0.592. The van der Waals surface area contributed by atoms with E-state index in [4.69, 9.17) is 0 Å². The largest absolute Gasteiger partial charge is 0.270 e. The van der Waals surface area contributed by atoms with E-state index in [-0.39, 0.29) is 5.03 Å². The molecule has 0 aliphatic rings. The Hall–Kier alpha value is -1.67. The summed E-state index contributed by atoms with van der Waals surface area (Å²) in [5.41, 5.74) is 2.05. The Labute approximate surface area is 112 Å². The van der Waals surface area contributed by atoms with Gasteiger partial charge in [-0.25, -0.2) is 13.1 Å². The van der Waals surface area contributed by atoms with Gasteiger partial charge in [0.25, 0.3) is 10.0 Å². The smallest absolute Gasteiger partial charge is 0.257 e. The minimum absolute atomic E-state index is 0.0821. The average Bonchev–Trinajstić information content (AvgIpc) is 2.95. The van der Waals surface area contributed by atoms with Crippen molar-refractivity contribution in [2.45, 2.75) is 31.8 Å². The van der Waals surface area contributed by atoms with Crippen LogP contribution in [0, 0.1) is 13.8 Å². The Morgan fingerprint density at radius 1 is 1.42 bits per heavy atom. The van der Waals surface area contributed by atoms with E-state index in [0.29, 0.717) is 19.5 Å². The Morgan fingerprint density at radius 2 is 2.21 bits per heavy atom. The van der Waals surface area contributed by atoms with Crippen LogP contribution in [-0.2, 0) is 16.6 Å². The number of sulfonamides is 1. The van der Waals surface area contributed by atoms with Crippen LogP contribution >= 0.6 is 0 Å². The normalized spacial score (nSPS) is 11.9. The van der Waals surface area contributed by atoms with Crippen LogP contribution in [0.2, 0.25) is 0 Å². The first-order valence-electron chi connectivity index (χ1n) is 5.99. The third-order valence-corrected chi connectivity index (χ3v) is 4.10. The van der Waals surface area contributed by atoms with E-state index in [1.165, 1.54) is 12.3 Å². The molecule has 0 saturated carbocycles. The molecule has 0 aliphatic heterocycles. The van der Waals surface area contributed by atoms with Gasteiger partial charge in [0.05, 0.1) is 11.9 Å². The first-order valence-corrected chi connectivity index (χ1v) is 7.47. The quantitative estimate of drug-likeness (QED) is 0.759. The number of hydrogen-bond acceptors (Lipinski definition) is 4. The number of nitrogens with zero attached hydrogens (tertiary/aromatic N) is 3. The number of aromatic amines is 1. The molecular weight excluding hydrogens is 266 g/mol. The summed E-state index contributed by atoms with van der Waals surface area (Å²) in [6.07, 6.45) is 2.08. The fourth-order valence-corrected chi connectivity index (χ4v) is 2.79. The Morgan fingerprint density at radius 3 is 2.79 bits per heavy atom. The molecular formula is C11H17N5O2S. The highest BCUT2D eigenvalue weighted by molar-refractivity contribution is 7.89. The molecule has 0 aromatic carbocycles. The van der Waals surface area contributed by atoms with Crippen molar-refractivity contribution < 1.29 is 8.42 Å². The lowest BCUT2D eigenvalue weighted by Gasteiger charge is -2.06. The van der Waals surface area contributed by atoms with Crippen molar-refractivity contribution in [1.29, 1.82) is 0 Å². The SMILES string of the molecule is Cc1cc(C)n(CCCNS(=O)(=O)c2ccn[nH]2)n1. The van der Waals surface area contributed by atoms with Gasteiger partial charge in [-0.05, 0) is 32.4 Å². The van der Waals surface area contributed by atoms with E-state index < -0.39 is 10.0 Å². The van der Waals surface area contributed by atoms with Crippen LogP contribution < -0.4 is 4.72 Å². The van der Waals surface area contributed by atoms with E-state index in [2.05, 4.69) is 20.0 Å². The Bertz CT molecular complexity index is 630. The van der Waals surface area contributed by atoms with Gasteiger partial charge in [0.1, 0.15) is 0 Å². The lowest BCUT2D eigenvalue weighted by atomic mass is 10.4. The van der Waals surface area contributed by atoms with Gasteiger partial charge >= 0.3 is 0 Å². The zero-order chi connectivity index (χ0) is 13.9. The van der Waals surface area contributed by atoms with Gasteiger partial charge in [0, 0.05) is 18.8 Å². The molecule has 2 N–H and O–H groups in total. The lowest BCUT2D eigenvalue weighted by Crippen LogP contribution is -2.26. The number of nitrogens with one attached hydrogen (secondary N) is 2. The summed E-state index contributed by atoms with van der Waals surface area (Å²) in [6.45, 7) is 4.96. The molecule has 0 fully saturated rings. The number of aromatic nitrogens is 4. The number of rotatable bonds is 6. The van der Waals surface area contributed by atoms with Crippen LogP contribution in [0.4, 0.5) is 0 Å². The van der Waals surface area contributed by atoms with Crippen LogP contribution in [0.1, 0.15) is 17.8 Å². The van der Waals surface area contributed by atoms with Gasteiger partial charge in [-0.2, -0.15) is 10.2 Å². The van der Waals surface area contributed by atoms with Gasteiger partial charge in [-0.15, -0.1) is 0 Å². The van der Waals surface area contributed by atoms with Gasteiger partial charge in [0.15, 0.2) is 5.03 Å². The molecule has 19 heavy (non-hydrogen) atoms. The van der Waals surface area contributed by atoms with Crippen LogP contribution in [-0.4, -0.2) is 34.9 Å². The van der Waals surface area contributed by atoms with Crippen molar-refractivity contribution in [2.75, 3.05) is 6.54 Å². The second-order valence-electron chi connectivity index (χ2n) is 4.32. The standard InChI is InChI=1S/C11H17N5O2S/c1-9-8-10(2)16(15-9)7-3-5-13-19(17,18)11-4-6-12-14-11/h4,6,8,13H,3,5,7H2,1-2H3,(H,12,14). The zero-order valence-corrected chi connectivity index (χ0v) is 11.7. The van der Waals surface area contributed by atoms with Gasteiger partial charge < -0.3 is 0 Å². The fourth-order valence-electron chi connectivity index (χ4n) is 1.81. The molecule has 0 atom stereocenters. The van der Waals surface area contributed by atoms with E-state index in [0.717, 1.165) is 11.4 Å². The molecule has 104 valence electrons. The third kappa shape index (κ3) is 3.42. The van der Waals surface area contributed by atoms with E-state index >= 15 is 0 Å². The van der Waals surface area contributed by atoms with Crippen LogP contribution in [0.15, 0.2) is 23.4 Å². The topological polar surface area (TPSA) is 92.7 Å². The van der Waals surface area contributed by atoms with Crippen LogP contribution in [0.3, 0.4) is 0 Å². The highest BCUT2D eigenvalue weighted by Gasteiger charge is 2.14. The molecule has 0 aliphatic carbocycles. The summed E-state index contributed by atoms with van der Waals surface area (Å²) in [7, 11) is -3.47. The summed E-state index contributed by atoms with van der Waals surface area (Å²) in [5, 5.41) is 10.5. The minimum atomic E-state index is -3.47. The third-order valence-electron chi connectivity index (χ3n) is 2.71. The predicted molar refractivity (Wildman–Crippen MR) is 70.1 cm³/mol.